The van der Waals surface area contributed by atoms with Crippen LogP contribution in [0.25, 0.3) is 0 Å². The molecule has 0 aromatic heterocycles. The molecule has 4 heteroatoms. The van der Waals surface area contributed by atoms with E-state index < -0.39 is 5.82 Å². The van der Waals surface area contributed by atoms with Crippen LogP contribution in [0, 0.1) is 5.82 Å². The summed E-state index contributed by atoms with van der Waals surface area (Å²) in [4.78, 5) is 0. The minimum Gasteiger partial charge on any atom is -0.454 e. The van der Waals surface area contributed by atoms with Crippen LogP contribution in [-0.2, 0) is 17.8 Å². The Morgan fingerprint density at radius 1 is 1.05 bits per heavy atom. The number of halogens is 1. The van der Waals surface area contributed by atoms with Gasteiger partial charge in [-0.1, -0.05) is 18.2 Å². The van der Waals surface area contributed by atoms with Gasteiger partial charge in [0.2, 0.25) is 0 Å². The summed E-state index contributed by atoms with van der Waals surface area (Å²) in [5.41, 5.74) is 1.65. The van der Waals surface area contributed by atoms with Gasteiger partial charge in [-0.05, 0) is 41.8 Å². The maximum absolute atomic E-state index is 13.7. The van der Waals surface area contributed by atoms with Crippen LogP contribution in [0.1, 0.15) is 11.1 Å². The molecule has 0 saturated carbocycles. The molecule has 0 aliphatic rings. The Bertz CT molecular complexity index is 552. The summed E-state index contributed by atoms with van der Waals surface area (Å²) in [7, 11) is 1.66. The third kappa shape index (κ3) is 3.79. The first-order valence-corrected chi connectivity index (χ1v) is 6.38. The van der Waals surface area contributed by atoms with Crippen molar-refractivity contribution in [2.45, 2.75) is 13.0 Å². The van der Waals surface area contributed by atoms with E-state index in [2.05, 4.69) is 0 Å². The molecule has 2 aromatic rings. The van der Waals surface area contributed by atoms with Crippen LogP contribution in [0.15, 0.2) is 42.5 Å². The highest BCUT2D eigenvalue weighted by atomic mass is 19.1. The molecule has 0 aliphatic carbocycles. The minimum absolute atomic E-state index is 0.145. The Kier molecular flexibility index (Phi) is 5.09. The average molecular weight is 276 g/mol. The molecule has 0 saturated heterocycles. The van der Waals surface area contributed by atoms with E-state index in [1.165, 1.54) is 12.1 Å². The molecular formula is C16H17FO3. The lowest BCUT2D eigenvalue weighted by atomic mass is 10.1. The van der Waals surface area contributed by atoms with Crippen LogP contribution < -0.4 is 4.74 Å². The van der Waals surface area contributed by atoms with E-state index in [1.54, 1.807) is 25.3 Å². The van der Waals surface area contributed by atoms with E-state index in [0.29, 0.717) is 17.9 Å². The maximum atomic E-state index is 13.7. The molecule has 20 heavy (non-hydrogen) atoms. The molecule has 0 fully saturated rings. The second-order valence-electron chi connectivity index (χ2n) is 4.41. The molecule has 0 aliphatic heterocycles. The van der Waals surface area contributed by atoms with Crippen molar-refractivity contribution in [2.75, 3.05) is 13.7 Å². The Hall–Kier alpha value is -1.91. The van der Waals surface area contributed by atoms with Gasteiger partial charge in [0.1, 0.15) is 5.75 Å². The standard InChI is InChI=1S/C16H17FO3/c1-19-9-8-12-2-5-14(6-3-12)20-16-7-4-13(11-18)10-15(16)17/h2-7,10,18H,8-9,11H2,1H3. The van der Waals surface area contributed by atoms with Crippen LogP contribution in [0.5, 0.6) is 11.5 Å². The van der Waals surface area contributed by atoms with E-state index in [1.807, 2.05) is 12.1 Å². The van der Waals surface area contributed by atoms with Gasteiger partial charge < -0.3 is 14.6 Å². The molecular weight excluding hydrogens is 259 g/mol. The second-order valence-corrected chi connectivity index (χ2v) is 4.41. The molecule has 2 aromatic carbocycles. The normalized spacial score (nSPS) is 10.6. The summed E-state index contributed by atoms with van der Waals surface area (Å²) in [6.45, 7) is 0.475. The minimum atomic E-state index is -0.486. The number of benzene rings is 2. The number of aliphatic hydroxyl groups is 1. The van der Waals surface area contributed by atoms with Crippen LogP contribution in [0.2, 0.25) is 0 Å². The predicted molar refractivity (Wildman–Crippen MR) is 74.4 cm³/mol. The molecule has 1 N–H and O–H groups in total. The Morgan fingerprint density at radius 2 is 1.75 bits per heavy atom. The van der Waals surface area contributed by atoms with Crippen LogP contribution in [0.4, 0.5) is 4.39 Å². The SMILES string of the molecule is COCCc1ccc(Oc2ccc(CO)cc2F)cc1. The van der Waals surface area contributed by atoms with Gasteiger partial charge in [-0.25, -0.2) is 4.39 Å². The van der Waals surface area contributed by atoms with E-state index in [-0.39, 0.29) is 12.4 Å². The molecule has 0 spiro atoms. The van der Waals surface area contributed by atoms with Crippen molar-refractivity contribution in [3.63, 3.8) is 0 Å². The van der Waals surface area contributed by atoms with Gasteiger partial charge in [-0.3, -0.25) is 0 Å². The molecule has 0 amide bonds. The number of ether oxygens (including phenoxy) is 2. The van der Waals surface area contributed by atoms with Crippen molar-refractivity contribution in [2.24, 2.45) is 0 Å². The van der Waals surface area contributed by atoms with E-state index in [4.69, 9.17) is 14.6 Å². The van der Waals surface area contributed by atoms with E-state index in [0.717, 1.165) is 12.0 Å². The van der Waals surface area contributed by atoms with Crippen LogP contribution in [-0.4, -0.2) is 18.8 Å². The van der Waals surface area contributed by atoms with Gasteiger partial charge in [-0.2, -0.15) is 0 Å². The first kappa shape index (κ1) is 14.5. The molecule has 0 bridgehead atoms. The fraction of sp³-hybridized carbons (Fsp3) is 0.250. The fourth-order valence-corrected chi connectivity index (χ4v) is 1.80. The maximum Gasteiger partial charge on any atom is 0.166 e. The van der Waals surface area contributed by atoms with Gasteiger partial charge in [-0.15, -0.1) is 0 Å². The first-order chi connectivity index (χ1) is 9.72. The van der Waals surface area contributed by atoms with Gasteiger partial charge in [0.15, 0.2) is 11.6 Å². The number of hydrogen-bond acceptors (Lipinski definition) is 3. The second kappa shape index (κ2) is 7.03. The third-order valence-electron chi connectivity index (χ3n) is 2.92. The van der Waals surface area contributed by atoms with E-state index in [9.17, 15) is 4.39 Å². The Balaban J connectivity index is 2.06. The zero-order valence-electron chi connectivity index (χ0n) is 11.3. The highest BCUT2D eigenvalue weighted by molar-refractivity contribution is 5.35. The smallest absolute Gasteiger partial charge is 0.166 e. The summed E-state index contributed by atoms with van der Waals surface area (Å²) in [6.07, 6.45) is 0.830. The van der Waals surface area contributed by atoms with Crippen molar-refractivity contribution >= 4 is 0 Å². The van der Waals surface area contributed by atoms with Crippen molar-refractivity contribution in [3.8, 4) is 11.5 Å². The average Bonchev–Trinajstić information content (AvgIpc) is 2.48. The third-order valence-corrected chi connectivity index (χ3v) is 2.92. The summed E-state index contributed by atoms with van der Waals surface area (Å²) in [5, 5.41) is 8.93. The lowest BCUT2D eigenvalue weighted by Gasteiger charge is -2.08. The number of aliphatic hydroxyl groups excluding tert-OH is 1. The summed E-state index contributed by atoms with van der Waals surface area (Å²) < 4.78 is 24.2. The van der Waals surface area contributed by atoms with Crippen molar-refractivity contribution < 1.29 is 19.0 Å². The molecule has 0 radical (unpaired) electrons. The monoisotopic (exact) mass is 276 g/mol. The lowest BCUT2D eigenvalue weighted by Crippen LogP contribution is -1.95. The quantitative estimate of drug-likeness (QED) is 0.879. The number of methoxy groups -OCH3 is 1. The van der Waals surface area contributed by atoms with Gasteiger partial charge in [0, 0.05) is 7.11 Å². The van der Waals surface area contributed by atoms with Crippen LogP contribution in [0.3, 0.4) is 0 Å². The molecule has 3 nitrogen and oxygen atoms in total. The topological polar surface area (TPSA) is 38.7 Å². The molecule has 0 unspecified atom stereocenters. The van der Waals surface area contributed by atoms with E-state index >= 15 is 0 Å². The largest absolute Gasteiger partial charge is 0.454 e. The van der Waals surface area contributed by atoms with Gasteiger partial charge >= 0.3 is 0 Å². The highest BCUT2D eigenvalue weighted by Gasteiger charge is 2.06. The molecule has 2 rings (SSSR count). The fourth-order valence-electron chi connectivity index (χ4n) is 1.80. The lowest BCUT2D eigenvalue weighted by molar-refractivity contribution is 0.202. The number of rotatable bonds is 6. The zero-order valence-corrected chi connectivity index (χ0v) is 11.3. The van der Waals surface area contributed by atoms with Crippen LogP contribution >= 0.6 is 0 Å². The summed E-state index contributed by atoms with van der Waals surface area (Å²) >= 11 is 0. The zero-order chi connectivity index (χ0) is 14.4. The first-order valence-electron chi connectivity index (χ1n) is 6.38. The number of hydrogen-bond donors (Lipinski definition) is 1. The Labute approximate surface area is 117 Å². The van der Waals surface area contributed by atoms with Crippen molar-refractivity contribution in [3.05, 3.63) is 59.4 Å². The molecule has 106 valence electrons. The molecule has 0 atom stereocenters. The highest BCUT2D eigenvalue weighted by Crippen LogP contribution is 2.25. The summed E-state index contributed by atoms with van der Waals surface area (Å²) in [6, 6.07) is 11.9. The predicted octanol–water partition coefficient (Wildman–Crippen LogP) is 3.30. The van der Waals surface area contributed by atoms with Crippen molar-refractivity contribution in [1.82, 2.24) is 0 Å². The van der Waals surface area contributed by atoms with Gasteiger partial charge in [0.05, 0.1) is 13.2 Å². The van der Waals surface area contributed by atoms with Gasteiger partial charge in [0.25, 0.3) is 0 Å². The Morgan fingerprint density at radius 3 is 2.35 bits per heavy atom. The summed E-state index contributed by atoms with van der Waals surface area (Å²) in [5.74, 6) is 0.230. The molecule has 0 heterocycles. The van der Waals surface area contributed by atoms with Crippen molar-refractivity contribution in [1.29, 1.82) is 0 Å².